The van der Waals surface area contributed by atoms with Gasteiger partial charge in [0.2, 0.25) is 0 Å². The predicted molar refractivity (Wildman–Crippen MR) is 124 cm³/mol. The monoisotopic (exact) mass is 412 g/mol. The molecule has 3 nitrogen and oxygen atoms in total. The summed E-state index contributed by atoms with van der Waals surface area (Å²) in [6.45, 7) is 2.20. The molecule has 4 rings (SSSR count). The van der Waals surface area contributed by atoms with Crippen LogP contribution in [-0.4, -0.2) is 15.4 Å². The van der Waals surface area contributed by atoms with Crippen LogP contribution in [0.25, 0.3) is 0 Å². The van der Waals surface area contributed by atoms with Gasteiger partial charge in [0.1, 0.15) is 23.0 Å². The number of para-hydroxylation sites is 2. The molecule has 0 N–H and O–H groups in total. The van der Waals surface area contributed by atoms with Gasteiger partial charge in [-0.2, -0.15) is 0 Å². The third kappa shape index (κ3) is 4.45. The summed E-state index contributed by atoms with van der Waals surface area (Å²) in [6.07, 6.45) is 0. The third-order valence-corrected chi connectivity index (χ3v) is 8.86. The molecule has 0 aliphatic rings. The normalized spacial score (nSPS) is 11.1. The summed E-state index contributed by atoms with van der Waals surface area (Å²) in [4.78, 5) is 0. The van der Waals surface area contributed by atoms with Gasteiger partial charge < -0.3 is 13.9 Å². The molecule has 4 aromatic rings. The molecule has 4 heteroatoms. The van der Waals surface area contributed by atoms with Gasteiger partial charge in [0, 0.05) is 7.11 Å². The summed E-state index contributed by atoms with van der Waals surface area (Å²) >= 11 is 0. The Kier molecular flexibility index (Phi) is 5.98. The maximum absolute atomic E-state index is 6.08. The van der Waals surface area contributed by atoms with E-state index >= 15 is 0 Å². The fourth-order valence-corrected chi connectivity index (χ4v) is 5.74. The van der Waals surface area contributed by atoms with Gasteiger partial charge in [-0.3, -0.25) is 0 Å². The zero-order valence-corrected chi connectivity index (χ0v) is 18.1. The molecule has 0 aliphatic carbocycles. The molecule has 0 saturated heterocycles. The number of benzene rings is 4. The van der Waals surface area contributed by atoms with Gasteiger partial charge in [0.05, 0.1) is 0 Å². The molecular formula is C26H24O3Si. The molecule has 4 aromatic carbocycles. The molecule has 0 saturated carbocycles. The number of ether oxygens (including phenoxy) is 2. The molecule has 0 bridgehead atoms. The van der Waals surface area contributed by atoms with E-state index in [-0.39, 0.29) is 0 Å². The average Bonchev–Trinajstić information content (AvgIpc) is 2.81. The number of rotatable bonds is 7. The summed E-state index contributed by atoms with van der Waals surface area (Å²) < 4.78 is 17.9. The lowest BCUT2D eigenvalue weighted by Crippen LogP contribution is -2.57. The van der Waals surface area contributed by atoms with E-state index in [1.807, 2.05) is 84.9 Å². The van der Waals surface area contributed by atoms with E-state index in [0.717, 1.165) is 23.0 Å². The van der Waals surface area contributed by atoms with Crippen molar-refractivity contribution in [1.29, 1.82) is 0 Å². The second kappa shape index (κ2) is 8.99. The Morgan fingerprint density at radius 1 is 0.467 bits per heavy atom. The van der Waals surface area contributed by atoms with E-state index in [4.69, 9.17) is 13.9 Å². The Morgan fingerprint density at radius 3 is 1.13 bits per heavy atom. The highest BCUT2D eigenvalue weighted by Crippen LogP contribution is 2.22. The number of hydrogen-bond acceptors (Lipinski definition) is 3. The molecule has 0 amide bonds. The van der Waals surface area contributed by atoms with E-state index in [0.29, 0.717) is 0 Å². The van der Waals surface area contributed by atoms with Crippen LogP contribution < -0.4 is 19.8 Å². The lowest BCUT2D eigenvalue weighted by atomic mass is 10.3. The predicted octanol–water partition coefficient (Wildman–Crippen LogP) is 5.61. The zero-order valence-electron chi connectivity index (χ0n) is 17.1. The highest BCUT2D eigenvalue weighted by atomic mass is 28.4. The smallest absolute Gasteiger partial charge is 0.252 e. The standard InChI is InChI=1S/C26H24O3Si/c1-27-30(2,25-17-13-23(14-18-25)28-21-9-5-3-6-10-21)26-19-15-24(16-20-26)29-22-11-7-4-8-12-22/h3-20H,1-2H3. The maximum Gasteiger partial charge on any atom is 0.252 e. The lowest BCUT2D eigenvalue weighted by molar-refractivity contribution is 0.421. The average molecular weight is 413 g/mol. The SMILES string of the molecule is CO[Si](C)(c1ccc(Oc2ccccc2)cc1)c1ccc(Oc2ccccc2)cc1. The molecule has 0 aromatic heterocycles. The second-order valence-corrected chi connectivity index (χ2v) is 10.7. The van der Waals surface area contributed by atoms with Crippen molar-refractivity contribution in [2.75, 3.05) is 7.11 Å². The lowest BCUT2D eigenvalue weighted by Gasteiger charge is -2.26. The molecule has 150 valence electrons. The molecule has 0 radical (unpaired) electrons. The van der Waals surface area contributed by atoms with Crippen LogP contribution in [0.1, 0.15) is 0 Å². The molecule has 0 unspecified atom stereocenters. The first-order valence-corrected chi connectivity index (χ1v) is 12.3. The van der Waals surface area contributed by atoms with Crippen LogP contribution >= 0.6 is 0 Å². The fourth-order valence-electron chi connectivity index (χ4n) is 3.33. The van der Waals surface area contributed by atoms with Crippen molar-refractivity contribution in [2.24, 2.45) is 0 Å². The van der Waals surface area contributed by atoms with Crippen molar-refractivity contribution in [3.63, 3.8) is 0 Å². The van der Waals surface area contributed by atoms with Crippen LogP contribution in [0.5, 0.6) is 23.0 Å². The maximum atomic E-state index is 6.08. The molecule has 0 atom stereocenters. The first kappa shape index (κ1) is 20.0. The van der Waals surface area contributed by atoms with E-state index in [2.05, 4.69) is 30.8 Å². The molecule has 0 aliphatic heterocycles. The Hall–Kier alpha value is -3.34. The Morgan fingerprint density at radius 2 is 0.800 bits per heavy atom. The minimum Gasteiger partial charge on any atom is -0.457 e. The van der Waals surface area contributed by atoms with E-state index in [1.54, 1.807) is 7.11 Å². The zero-order chi connectivity index (χ0) is 20.8. The summed E-state index contributed by atoms with van der Waals surface area (Å²) in [5.41, 5.74) is 0. The van der Waals surface area contributed by atoms with E-state index in [1.165, 1.54) is 10.4 Å². The highest BCUT2D eigenvalue weighted by molar-refractivity contribution is 6.96. The van der Waals surface area contributed by atoms with Crippen LogP contribution in [-0.2, 0) is 4.43 Å². The summed E-state index contributed by atoms with van der Waals surface area (Å²) in [7, 11) is -0.530. The summed E-state index contributed by atoms with van der Waals surface area (Å²) in [5.74, 6) is 3.27. The second-order valence-electron chi connectivity index (χ2n) is 7.12. The minimum absolute atomic E-state index is 0.809. The van der Waals surface area contributed by atoms with Gasteiger partial charge in [-0.05, 0) is 65.5 Å². The van der Waals surface area contributed by atoms with E-state index < -0.39 is 8.32 Å². The van der Waals surface area contributed by atoms with Gasteiger partial charge in [-0.1, -0.05) is 60.7 Å². The van der Waals surface area contributed by atoms with Gasteiger partial charge in [-0.15, -0.1) is 0 Å². The Bertz CT molecular complexity index is 978. The molecule has 0 spiro atoms. The van der Waals surface area contributed by atoms with Crippen LogP contribution in [0.3, 0.4) is 0 Å². The topological polar surface area (TPSA) is 27.7 Å². The van der Waals surface area contributed by atoms with Crippen molar-refractivity contribution in [1.82, 2.24) is 0 Å². The van der Waals surface area contributed by atoms with Gasteiger partial charge in [0.25, 0.3) is 8.32 Å². The first-order chi connectivity index (χ1) is 14.7. The molecule has 0 heterocycles. The molecule has 0 fully saturated rings. The van der Waals surface area contributed by atoms with E-state index in [9.17, 15) is 0 Å². The van der Waals surface area contributed by atoms with Crippen molar-refractivity contribution in [2.45, 2.75) is 6.55 Å². The molecule has 30 heavy (non-hydrogen) atoms. The van der Waals surface area contributed by atoms with Gasteiger partial charge in [-0.25, -0.2) is 0 Å². The van der Waals surface area contributed by atoms with Gasteiger partial charge >= 0.3 is 0 Å². The van der Waals surface area contributed by atoms with Crippen molar-refractivity contribution < 1.29 is 13.9 Å². The largest absolute Gasteiger partial charge is 0.457 e. The van der Waals surface area contributed by atoms with Crippen LogP contribution in [0.4, 0.5) is 0 Å². The van der Waals surface area contributed by atoms with Gasteiger partial charge in [0.15, 0.2) is 0 Å². The number of hydrogen-bond donors (Lipinski definition) is 0. The Labute approximate surface area is 178 Å². The van der Waals surface area contributed by atoms with Crippen molar-refractivity contribution in [3.05, 3.63) is 109 Å². The quantitative estimate of drug-likeness (QED) is 0.370. The highest BCUT2D eigenvalue weighted by Gasteiger charge is 2.33. The van der Waals surface area contributed by atoms with Crippen LogP contribution in [0.2, 0.25) is 6.55 Å². The van der Waals surface area contributed by atoms with Crippen LogP contribution in [0, 0.1) is 0 Å². The minimum atomic E-state index is -2.32. The molecular weight excluding hydrogens is 388 g/mol. The Balaban J connectivity index is 1.52. The first-order valence-electron chi connectivity index (χ1n) is 9.89. The van der Waals surface area contributed by atoms with Crippen molar-refractivity contribution >= 4 is 18.7 Å². The van der Waals surface area contributed by atoms with Crippen molar-refractivity contribution in [3.8, 4) is 23.0 Å². The van der Waals surface area contributed by atoms with Crippen LogP contribution in [0.15, 0.2) is 109 Å². The third-order valence-electron chi connectivity index (χ3n) is 5.18. The fraction of sp³-hybridized carbons (Fsp3) is 0.0769. The summed E-state index contributed by atoms with van der Waals surface area (Å²) in [5, 5.41) is 2.37. The summed E-state index contributed by atoms with van der Waals surface area (Å²) in [6, 6.07) is 36.0.